The Hall–Kier alpha value is -0.530. The van der Waals surface area contributed by atoms with E-state index in [-0.39, 0.29) is 5.92 Å². The lowest BCUT2D eigenvalue weighted by Crippen LogP contribution is -2.13. The first kappa shape index (κ1) is 11.0. The Morgan fingerprint density at radius 2 is 2.07 bits per heavy atom. The van der Waals surface area contributed by atoms with Crippen molar-refractivity contribution in [2.75, 3.05) is 0 Å². The topological polar surface area (TPSA) is 17.1 Å². The first-order valence-corrected chi connectivity index (χ1v) is 5.89. The minimum absolute atomic E-state index is 0.262. The van der Waals surface area contributed by atoms with Crippen LogP contribution in [0.3, 0.4) is 0 Å². The van der Waals surface area contributed by atoms with Crippen molar-refractivity contribution in [2.45, 2.75) is 31.6 Å². The maximum atomic E-state index is 11.4. The Bertz CT molecular complexity index is 387. The number of halogens is 2. The van der Waals surface area contributed by atoms with Gasteiger partial charge in [0, 0.05) is 12.8 Å². The Labute approximate surface area is 99.4 Å². The molecule has 0 spiro atoms. The fourth-order valence-corrected chi connectivity index (χ4v) is 2.59. The monoisotopic (exact) mass is 242 g/mol. The molecule has 1 nitrogen and oxygen atoms in total. The SMILES string of the molecule is O=C1CCCC(c2cccc(Cl)c2Cl)C1. The maximum Gasteiger partial charge on any atom is 0.133 e. The van der Waals surface area contributed by atoms with Gasteiger partial charge < -0.3 is 0 Å². The van der Waals surface area contributed by atoms with Crippen LogP contribution in [0.5, 0.6) is 0 Å². The van der Waals surface area contributed by atoms with Crippen molar-refractivity contribution in [1.82, 2.24) is 0 Å². The molecular formula is C12H12Cl2O. The van der Waals surface area contributed by atoms with Gasteiger partial charge in [-0.2, -0.15) is 0 Å². The highest BCUT2D eigenvalue weighted by Gasteiger charge is 2.23. The van der Waals surface area contributed by atoms with Gasteiger partial charge in [0.25, 0.3) is 0 Å². The van der Waals surface area contributed by atoms with Crippen molar-refractivity contribution in [3.05, 3.63) is 33.8 Å². The molecule has 0 saturated heterocycles. The van der Waals surface area contributed by atoms with Crippen LogP contribution in [0.15, 0.2) is 18.2 Å². The van der Waals surface area contributed by atoms with Crippen LogP contribution in [-0.4, -0.2) is 5.78 Å². The largest absolute Gasteiger partial charge is 0.300 e. The molecule has 15 heavy (non-hydrogen) atoms. The first-order chi connectivity index (χ1) is 7.18. The summed E-state index contributed by atoms with van der Waals surface area (Å²) in [7, 11) is 0. The fraction of sp³-hybridized carbons (Fsp3) is 0.417. The highest BCUT2D eigenvalue weighted by molar-refractivity contribution is 6.42. The van der Waals surface area contributed by atoms with Crippen molar-refractivity contribution in [1.29, 1.82) is 0 Å². The zero-order chi connectivity index (χ0) is 10.8. The summed E-state index contributed by atoms with van der Waals surface area (Å²) in [6, 6.07) is 5.64. The molecule has 1 aromatic carbocycles. The van der Waals surface area contributed by atoms with Crippen molar-refractivity contribution in [2.24, 2.45) is 0 Å². The van der Waals surface area contributed by atoms with Crippen molar-refractivity contribution in [3.8, 4) is 0 Å². The second kappa shape index (κ2) is 4.54. The Morgan fingerprint density at radius 1 is 1.27 bits per heavy atom. The van der Waals surface area contributed by atoms with Crippen LogP contribution in [0.1, 0.15) is 37.2 Å². The third-order valence-corrected chi connectivity index (χ3v) is 3.74. The van der Waals surface area contributed by atoms with Gasteiger partial charge in [-0.3, -0.25) is 4.79 Å². The van der Waals surface area contributed by atoms with Crippen molar-refractivity contribution >= 4 is 29.0 Å². The second-order valence-corrected chi connectivity index (χ2v) is 4.76. The van der Waals surface area contributed by atoms with Crippen molar-refractivity contribution < 1.29 is 4.79 Å². The van der Waals surface area contributed by atoms with Gasteiger partial charge in [-0.1, -0.05) is 35.3 Å². The van der Waals surface area contributed by atoms with Gasteiger partial charge in [-0.25, -0.2) is 0 Å². The highest BCUT2D eigenvalue weighted by atomic mass is 35.5. The Kier molecular flexibility index (Phi) is 3.32. The number of carbonyl (C=O) groups is 1. The number of hydrogen-bond donors (Lipinski definition) is 0. The highest BCUT2D eigenvalue weighted by Crippen LogP contribution is 2.37. The zero-order valence-corrected chi connectivity index (χ0v) is 9.81. The number of hydrogen-bond acceptors (Lipinski definition) is 1. The summed E-state index contributed by atoms with van der Waals surface area (Å²) in [5.41, 5.74) is 1.03. The molecule has 1 unspecified atom stereocenters. The van der Waals surface area contributed by atoms with Crippen LogP contribution in [0.4, 0.5) is 0 Å². The van der Waals surface area contributed by atoms with E-state index >= 15 is 0 Å². The molecule has 1 aliphatic rings. The molecule has 0 bridgehead atoms. The molecule has 1 fully saturated rings. The summed E-state index contributed by atoms with van der Waals surface area (Å²) >= 11 is 12.1. The summed E-state index contributed by atoms with van der Waals surface area (Å²) in [4.78, 5) is 11.4. The molecule has 0 aliphatic heterocycles. The van der Waals surface area contributed by atoms with Crippen LogP contribution < -0.4 is 0 Å². The molecule has 0 aromatic heterocycles. The number of rotatable bonds is 1. The summed E-state index contributed by atoms with van der Waals surface area (Å²) in [5.74, 6) is 0.597. The Morgan fingerprint density at radius 3 is 2.80 bits per heavy atom. The van der Waals surface area contributed by atoms with E-state index in [2.05, 4.69) is 0 Å². The quantitative estimate of drug-likeness (QED) is 0.721. The lowest BCUT2D eigenvalue weighted by molar-refractivity contribution is -0.120. The van der Waals surface area contributed by atoms with E-state index in [4.69, 9.17) is 23.2 Å². The summed E-state index contributed by atoms with van der Waals surface area (Å²) in [5, 5.41) is 1.19. The van der Waals surface area contributed by atoms with Crippen LogP contribution in [0, 0.1) is 0 Å². The normalized spacial score (nSPS) is 21.7. The average Bonchev–Trinajstić information content (AvgIpc) is 2.22. The summed E-state index contributed by atoms with van der Waals surface area (Å²) in [6.45, 7) is 0. The molecule has 0 amide bonds. The van der Waals surface area contributed by atoms with Gasteiger partial charge in [-0.05, 0) is 30.4 Å². The minimum Gasteiger partial charge on any atom is -0.300 e. The molecule has 0 heterocycles. The molecule has 1 saturated carbocycles. The molecule has 2 rings (SSSR count). The van der Waals surface area contributed by atoms with E-state index in [9.17, 15) is 4.79 Å². The molecule has 1 atom stereocenters. The van der Waals surface area contributed by atoms with E-state index in [1.165, 1.54) is 0 Å². The third-order valence-electron chi connectivity index (χ3n) is 2.90. The van der Waals surface area contributed by atoms with Gasteiger partial charge in [0.05, 0.1) is 10.0 Å². The molecule has 1 aromatic rings. The van der Waals surface area contributed by atoms with Crippen LogP contribution in [0.2, 0.25) is 10.0 Å². The van der Waals surface area contributed by atoms with E-state index in [1.54, 1.807) is 6.07 Å². The zero-order valence-electron chi connectivity index (χ0n) is 8.30. The minimum atomic E-state index is 0.262. The summed E-state index contributed by atoms with van der Waals surface area (Å²) in [6.07, 6.45) is 3.33. The van der Waals surface area contributed by atoms with Gasteiger partial charge >= 0.3 is 0 Å². The molecule has 1 aliphatic carbocycles. The molecule has 80 valence electrons. The number of carbonyl (C=O) groups excluding carboxylic acids is 1. The average molecular weight is 243 g/mol. The Balaban J connectivity index is 2.28. The smallest absolute Gasteiger partial charge is 0.133 e. The molecule has 0 N–H and O–H groups in total. The fourth-order valence-electron chi connectivity index (χ4n) is 2.13. The lowest BCUT2D eigenvalue weighted by atomic mass is 9.83. The van der Waals surface area contributed by atoms with E-state index in [0.717, 1.165) is 18.4 Å². The van der Waals surface area contributed by atoms with Crippen LogP contribution >= 0.6 is 23.2 Å². The molecule has 0 radical (unpaired) electrons. The van der Waals surface area contributed by atoms with E-state index in [1.807, 2.05) is 12.1 Å². The standard InChI is InChI=1S/C12H12Cl2O/c13-11-6-2-5-10(12(11)14)8-3-1-4-9(15)7-8/h2,5-6,8H,1,3-4,7H2. The molecular weight excluding hydrogens is 231 g/mol. The number of Topliss-reactive ketones (excluding diaryl/α,β-unsaturated/α-hetero) is 1. The lowest BCUT2D eigenvalue weighted by Gasteiger charge is -2.22. The number of ketones is 1. The second-order valence-electron chi connectivity index (χ2n) is 3.97. The van der Waals surface area contributed by atoms with Crippen LogP contribution in [-0.2, 0) is 4.79 Å². The summed E-state index contributed by atoms with van der Waals surface area (Å²) < 4.78 is 0. The maximum absolute atomic E-state index is 11.4. The predicted molar refractivity (Wildman–Crippen MR) is 62.7 cm³/mol. The van der Waals surface area contributed by atoms with Crippen molar-refractivity contribution in [3.63, 3.8) is 0 Å². The van der Waals surface area contributed by atoms with E-state index < -0.39 is 0 Å². The van der Waals surface area contributed by atoms with Gasteiger partial charge in [0.1, 0.15) is 5.78 Å². The van der Waals surface area contributed by atoms with Gasteiger partial charge in [0.2, 0.25) is 0 Å². The predicted octanol–water partition coefficient (Wildman–Crippen LogP) is 4.22. The van der Waals surface area contributed by atoms with E-state index in [0.29, 0.717) is 28.7 Å². The number of benzene rings is 1. The van der Waals surface area contributed by atoms with Gasteiger partial charge in [-0.15, -0.1) is 0 Å². The first-order valence-electron chi connectivity index (χ1n) is 5.14. The molecule has 3 heteroatoms. The third kappa shape index (κ3) is 2.35. The van der Waals surface area contributed by atoms with Gasteiger partial charge in [0.15, 0.2) is 0 Å². The van der Waals surface area contributed by atoms with Crippen LogP contribution in [0.25, 0.3) is 0 Å².